The highest BCUT2D eigenvalue weighted by Crippen LogP contribution is 2.24. The Kier molecular flexibility index (Phi) is 8.14. The van der Waals surface area contributed by atoms with Gasteiger partial charge in [0.1, 0.15) is 5.75 Å². The number of carbonyl (C=O) groups excluding carboxylic acids is 1. The van der Waals surface area contributed by atoms with E-state index in [2.05, 4.69) is 20.0 Å². The molecule has 2 aromatic heterocycles. The van der Waals surface area contributed by atoms with Gasteiger partial charge in [0.15, 0.2) is 10.3 Å². The molecular weight excluding hydrogens is 571 g/mol. The van der Waals surface area contributed by atoms with E-state index in [1.807, 2.05) is 6.92 Å². The molecule has 2 heterocycles. The first kappa shape index (κ1) is 27.4. The van der Waals surface area contributed by atoms with Crippen molar-refractivity contribution >= 4 is 60.8 Å². The first-order valence-electron chi connectivity index (χ1n) is 12.0. The molecule has 0 saturated heterocycles. The van der Waals surface area contributed by atoms with Gasteiger partial charge >= 0.3 is 0 Å². The summed E-state index contributed by atoms with van der Waals surface area (Å²) in [7, 11) is -3.80. The number of rotatable bonds is 10. The Morgan fingerprint density at radius 3 is 2.50 bits per heavy atom. The van der Waals surface area contributed by atoms with Gasteiger partial charge in [0.05, 0.1) is 33.8 Å². The van der Waals surface area contributed by atoms with Gasteiger partial charge in [-0.1, -0.05) is 23.9 Å². The third kappa shape index (κ3) is 6.17. The van der Waals surface area contributed by atoms with Crippen molar-refractivity contribution in [2.75, 3.05) is 22.4 Å². The van der Waals surface area contributed by atoms with Gasteiger partial charge in [-0.15, -0.1) is 11.3 Å². The molecule has 0 atom stereocenters. The van der Waals surface area contributed by atoms with E-state index in [0.29, 0.717) is 39.8 Å². The van der Waals surface area contributed by atoms with Crippen LogP contribution in [0, 0.1) is 0 Å². The van der Waals surface area contributed by atoms with E-state index in [1.54, 1.807) is 53.9 Å². The minimum Gasteiger partial charge on any atom is -0.494 e. The van der Waals surface area contributed by atoms with Crippen molar-refractivity contribution in [3.8, 4) is 11.4 Å². The molecule has 10 nitrogen and oxygen atoms in total. The SMILES string of the molecule is CCOc1ccc(-n2c(SCC(=O)Nc3ccc(S(=O)(=O)Nc4nccs4)cc3)nc3ccccc3c2=O)cc1. The number of nitrogens with zero attached hydrogens (tertiary/aromatic N) is 3. The van der Waals surface area contributed by atoms with Crippen LogP contribution in [0.1, 0.15) is 6.92 Å². The number of ether oxygens (including phenoxy) is 1. The highest BCUT2D eigenvalue weighted by Gasteiger charge is 2.17. The number of thiazole rings is 1. The second kappa shape index (κ2) is 11.9. The number of aromatic nitrogens is 3. The number of sulfonamides is 1. The third-order valence-corrected chi connectivity index (χ3v) is 8.70. The molecule has 3 aromatic carbocycles. The summed E-state index contributed by atoms with van der Waals surface area (Å²) in [6, 6.07) is 19.9. The summed E-state index contributed by atoms with van der Waals surface area (Å²) < 4.78 is 34.5. The largest absolute Gasteiger partial charge is 0.494 e. The van der Waals surface area contributed by atoms with Crippen LogP contribution in [0.15, 0.2) is 99.2 Å². The van der Waals surface area contributed by atoms with Crippen LogP contribution in [0.5, 0.6) is 5.75 Å². The van der Waals surface area contributed by atoms with Gasteiger partial charge in [-0.25, -0.2) is 18.4 Å². The van der Waals surface area contributed by atoms with Crippen molar-refractivity contribution in [1.82, 2.24) is 14.5 Å². The fourth-order valence-electron chi connectivity index (χ4n) is 3.79. The lowest BCUT2D eigenvalue weighted by atomic mass is 10.2. The Morgan fingerprint density at radius 2 is 1.80 bits per heavy atom. The van der Waals surface area contributed by atoms with Gasteiger partial charge in [0.25, 0.3) is 15.6 Å². The van der Waals surface area contributed by atoms with Gasteiger partial charge in [0, 0.05) is 17.3 Å². The lowest BCUT2D eigenvalue weighted by Gasteiger charge is -2.14. The van der Waals surface area contributed by atoms with E-state index in [-0.39, 0.29) is 27.2 Å². The maximum Gasteiger partial charge on any atom is 0.266 e. The third-order valence-electron chi connectivity index (χ3n) is 5.59. The van der Waals surface area contributed by atoms with Crippen LogP contribution in [0.25, 0.3) is 16.6 Å². The van der Waals surface area contributed by atoms with Gasteiger partial charge in [-0.3, -0.25) is 18.9 Å². The molecule has 0 spiro atoms. The van der Waals surface area contributed by atoms with Crippen LogP contribution < -0.4 is 20.3 Å². The number of anilines is 2. The highest BCUT2D eigenvalue weighted by atomic mass is 32.2. The minimum absolute atomic E-state index is 0.0343. The number of nitrogens with one attached hydrogen (secondary N) is 2. The number of thioether (sulfide) groups is 1. The number of hydrogen-bond donors (Lipinski definition) is 2. The van der Waals surface area contributed by atoms with Crippen LogP contribution in [0.2, 0.25) is 0 Å². The highest BCUT2D eigenvalue weighted by molar-refractivity contribution is 7.99. The molecular formula is C27H23N5O5S3. The molecule has 5 aromatic rings. The second-order valence-electron chi connectivity index (χ2n) is 8.28. The normalized spacial score (nSPS) is 11.3. The smallest absolute Gasteiger partial charge is 0.266 e. The summed E-state index contributed by atoms with van der Waals surface area (Å²) >= 11 is 2.29. The van der Waals surface area contributed by atoms with Crippen molar-refractivity contribution in [3.63, 3.8) is 0 Å². The summed E-state index contributed by atoms with van der Waals surface area (Å²) in [5, 5.41) is 5.50. The van der Waals surface area contributed by atoms with E-state index in [0.717, 1.165) is 11.8 Å². The first-order valence-corrected chi connectivity index (χ1v) is 15.4. The lowest BCUT2D eigenvalue weighted by Crippen LogP contribution is -2.23. The van der Waals surface area contributed by atoms with E-state index >= 15 is 0 Å². The van der Waals surface area contributed by atoms with E-state index in [9.17, 15) is 18.0 Å². The molecule has 1 amide bonds. The van der Waals surface area contributed by atoms with Crippen LogP contribution in [-0.2, 0) is 14.8 Å². The zero-order valence-corrected chi connectivity index (χ0v) is 23.6. The zero-order valence-electron chi connectivity index (χ0n) is 21.1. The maximum atomic E-state index is 13.4. The molecule has 5 rings (SSSR count). The van der Waals surface area contributed by atoms with E-state index in [1.165, 1.54) is 46.4 Å². The molecule has 0 fully saturated rings. The molecule has 2 N–H and O–H groups in total. The van der Waals surface area contributed by atoms with E-state index < -0.39 is 10.0 Å². The van der Waals surface area contributed by atoms with Gasteiger partial charge in [-0.05, 0) is 67.6 Å². The quantitative estimate of drug-likeness (QED) is 0.175. The van der Waals surface area contributed by atoms with Crippen molar-refractivity contribution in [3.05, 3.63) is 94.7 Å². The molecule has 0 bridgehead atoms. The Morgan fingerprint density at radius 1 is 1.05 bits per heavy atom. The molecule has 0 radical (unpaired) electrons. The number of amides is 1. The number of para-hydroxylation sites is 1. The summed E-state index contributed by atoms with van der Waals surface area (Å²) in [6.07, 6.45) is 1.50. The molecule has 204 valence electrons. The number of hydrogen-bond acceptors (Lipinski definition) is 9. The van der Waals surface area contributed by atoms with Crippen molar-refractivity contribution in [2.24, 2.45) is 0 Å². The Labute approximate surface area is 238 Å². The first-order chi connectivity index (χ1) is 19.3. The summed E-state index contributed by atoms with van der Waals surface area (Å²) in [4.78, 5) is 34.8. The predicted molar refractivity (Wildman–Crippen MR) is 157 cm³/mol. The molecule has 13 heteroatoms. The van der Waals surface area contributed by atoms with Gasteiger partial charge < -0.3 is 10.1 Å². The van der Waals surface area contributed by atoms with Crippen molar-refractivity contribution < 1.29 is 17.9 Å². The molecule has 0 saturated carbocycles. The van der Waals surface area contributed by atoms with Crippen LogP contribution in [0.4, 0.5) is 10.8 Å². The average Bonchev–Trinajstić information content (AvgIpc) is 3.45. The minimum atomic E-state index is -3.80. The fraction of sp³-hybridized carbons (Fsp3) is 0.111. The standard InChI is InChI=1S/C27H23N5O5S3/c1-2-37-20-11-9-19(10-12-20)32-25(34)22-5-3-4-6-23(22)30-27(32)39-17-24(33)29-18-7-13-21(14-8-18)40(35,36)31-26-28-15-16-38-26/h3-16H,2,17H2,1H3,(H,28,31)(H,29,33). The van der Waals surface area contributed by atoms with Crippen LogP contribution >= 0.6 is 23.1 Å². The molecule has 40 heavy (non-hydrogen) atoms. The van der Waals surface area contributed by atoms with E-state index in [4.69, 9.17) is 4.74 Å². The second-order valence-corrected chi connectivity index (χ2v) is 11.8. The molecule has 0 unspecified atom stereocenters. The predicted octanol–water partition coefficient (Wildman–Crippen LogP) is 4.77. The average molecular weight is 594 g/mol. The zero-order chi connectivity index (χ0) is 28.1. The Bertz CT molecular complexity index is 1800. The fourth-order valence-corrected chi connectivity index (χ4v) is 6.39. The summed E-state index contributed by atoms with van der Waals surface area (Å²) in [5.41, 5.74) is 1.30. The van der Waals surface area contributed by atoms with Gasteiger partial charge in [0.2, 0.25) is 5.91 Å². The summed E-state index contributed by atoms with van der Waals surface area (Å²) in [5.74, 6) is 0.301. The number of carbonyl (C=O) groups is 1. The Hall–Kier alpha value is -4.20. The monoisotopic (exact) mass is 593 g/mol. The number of fused-ring (bicyclic) bond motifs is 1. The molecule has 0 aliphatic rings. The van der Waals surface area contributed by atoms with Crippen molar-refractivity contribution in [1.29, 1.82) is 0 Å². The topological polar surface area (TPSA) is 132 Å². The number of benzene rings is 3. The Balaban J connectivity index is 1.33. The van der Waals surface area contributed by atoms with Crippen LogP contribution in [0.3, 0.4) is 0 Å². The molecule has 0 aliphatic heterocycles. The summed E-state index contributed by atoms with van der Waals surface area (Å²) in [6.45, 7) is 2.41. The van der Waals surface area contributed by atoms with Crippen LogP contribution in [-0.4, -0.2) is 41.2 Å². The lowest BCUT2D eigenvalue weighted by molar-refractivity contribution is -0.113. The van der Waals surface area contributed by atoms with Gasteiger partial charge in [-0.2, -0.15) is 0 Å². The molecule has 0 aliphatic carbocycles. The van der Waals surface area contributed by atoms with Crippen molar-refractivity contribution in [2.45, 2.75) is 17.0 Å². The maximum absolute atomic E-state index is 13.4.